The minimum Gasteiger partial charge on any atom is -0.497 e. The van der Waals surface area contributed by atoms with Crippen LogP contribution in [0.1, 0.15) is 18.5 Å². The monoisotopic (exact) mass is 409 g/mol. The molecule has 1 aliphatic heterocycles. The zero-order valence-corrected chi connectivity index (χ0v) is 16.6. The summed E-state index contributed by atoms with van der Waals surface area (Å²) in [6, 6.07) is 10.5. The van der Waals surface area contributed by atoms with E-state index in [1.165, 1.54) is 25.6 Å². The normalized spacial score (nSPS) is 15.3. The Labute approximate surface area is 172 Å². The molecule has 1 atom stereocenters. The van der Waals surface area contributed by atoms with E-state index in [1.54, 1.807) is 49.0 Å². The quantitative estimate of drug-likeness (QED) is 0.672. The number of aromatic nitrogens is 3. The van der Waals surface area contributed by atoms with Crippen LogP contribution in [-0.2, 0) is 4.79 Å². The van der Waals surface area contributed by atoms with Crippen LogP contribution in [0.5, 0.6) is 11.5 Å². The van der Waals surface area contributed by atoms with Gasteiger partial charge in [0.1, 0.15) is 29.7 Å². The number of amides is 1. The van der Waals surface area contributed by atoms with Crippen molar-refractivity contribution in [3.8, 4) is 11.5 Å². The second-order valence-corrected chi connectivity index (χ2v) is 6.67. The Bertz CT molecular complexity index is 1140. The van der Waals surface area contributed by atoms with Gasteiger partial charge in [0.25, 0.3) is 5.91 Å². The fourth-order valence-electron chi connectivity index (χ4n) is 3.46. The molecule has 0 radical (unpaired) electrons. The molecule has 0 aliphatic carbocycles. The average Bonchev–Trinajstić information content (AvgIpc) is 3.20. The number of allylic oxidation sites excluding steroid dienone is 1. The van der Waals surface area contributed by atoms with Gasteiger partial charge in [0.2, 0.25) is 5.95 Å². The Morgan fingerprint density at radius 1 is 1.20 bits per heavy atom. The lowest BCUT2D eigenvalue weighted by molar-refractivity contribution is -0.113. The van der Waals surface area contributed by atoms with E-state index in [4.69, 9.17) is 9.47 Å². The smallest absolute Gasteiger partial charge is 0.255 e. The number of fused-ring (bicyclic) bond motifs is 1. The molecule has 1 unspecified atom stereocenters. The van der Waals surface area contributed by atoms with Crippen molar-refractivity contribution < 1.29 is 18.7 Å². The Balaban J connectivity index is 1.75. The van der Waals surface area contributed by atoms with E-state index in [1.807, 2.05) is 0 Å². The summed E-state index contributed by atoms with van der Waals surface area (Å²) in [5.74, 6) is 0.749. The molecule has 0 fully saturated rings. The number of anilines is 2. The number of hydrogen-bond donors (Lipinski definition) is 2. The summed E-state index contributed by atoms with van der Waals surface area (Å²) in [6.45, 7) is 1.77. The van der Waals surface area contributed by atoms with Crippen LogP contribution in [0.4, 0.5) is 16.0 Å². The molecular weight excluding hydrogens is 389 g/mol. The molecule has 30 heavy (non-hydrogen) atoms. The van der Waals surface area contributed by atoms with Crippen LogP contribution in [0.15, 0.2) is 60.1 Å². The maximum atomic E-state index is 14.0. The van der Waals surface area contributed by atoms with Gasteiger partial charge in [0.05, 0.1) is 25.5 Å². The molecule has 2 N–H and O–H groups in total. The summed E-state index contributed by atoms with van der Waals surface area (Å²) >= 11 is 0. The van der Waals surface area contributed by atoms with E-state index in [-0.39, 0.29) is 5.91 Å². The van der Waals surface area contributed by atoms with Gasteiger partial charge in [0, 0.05) is 11.8 Å². The van der Waals surface area contributed by atoms with E-state index >= 15 is 0 Å². The number of carbonyl (C=O) groups excluding carboxylic acids is 1. The van der Waals surface area contributed by atoms with Gasteiger partial charge in [0.15, 0.2) is 0 Å². The first-order valence-electron chi connectivity index (χ1n) is 9.18. The maximum Gasteiger partial charge on any atom is 0.255 e. The summed E-state index contributed by atoms with van der Waals surface area (Å²) in [4.78, 5) is 17.5. The number of nitrogens with zero attached hydrogens (tertiary/aromatic N) is 3. The van der Waals surface area contributed by atoms with Gasteiger partial charge in [-0.2, -0.15) is 10.1 Å². The third kappa shape index (κ3) is 3.45. The van der Waals surface area contributed by atoms with Crippen LogP contribution in [0.3, 0.4) is 0 Å². The van der Waals surface area contributed by atoms with Gasteiger partial charge < -0.3 is 20.1 Å². The topological polar surface area (TPSA) is 90.3 Å². The van der Waals surface area contributed by atoms with Gasteiger partial charge >= 0.3 is 0 Å². The van der Waals surface area contributed by atoms with E-state index in [0.29, 0.717) is 40.0 Å². The fourth-order valence-corrected chi connectivity index (χ4v) is 3.46. The van der Waals surface area contributed by atoms with Crippen molar-refractivity contribution in [2.24, 2.45) is 0 Å². The molecule has 1 aromatic heterocycles. The number of nitrogens with one attached hydrogen (secondary N) is 2. The van der Waals surface area contributed by atoms with Crippen molar-refractivity contribution >= 4 is 17.5 Å². The fraction of sp³-hybridized carbons (Fsp3) is 0.190. The number of hydrogen-bond acceptors (Lipinski definition) is 6. The van der Waals surface area contributed by atoms with Crippen molar-refractivity contribution in [2.75, 3.05) is 24.9 Å². The van der Waals surface area contributed by atoms with Crippen LogP contribution in [0, 0.1) is 5.82 Å². The second kappa shape index (κ2) is 7.86. The van der Waals surface area contributed by atoms with Crippen molar-refractivity contribution in [3.05, 3.63) is 71.4 Å². The molecule has 0 saturated carbocycles. The van der Waals surface area contributed by atoms with Crippen molar-refractivity contribution in [1.29, 1.82) is 0 Å². The van der Waals surface area contributed by atoms with Crippen molar-refractivity contribution in [1.82, 2.24) is 14.8 Å². The second-order valence-electron chi connectivity index (χ2n) is 6.67. The highest BCUT2D eigenvalue weighted by Crippen LogP contribution is 2.36. The van der Waals surface area contributed by atoms with Crippen LogP contribution >= 0.6 is 0 Å². The number of halogens is 1. The average molecular weight is 409 g/mol. The summed E-state index contributed by atoms with van der Waals surface area (Å²) in [5, 5.41) is 10.2. The Hall–Kier alpha value is -3.88. The lowest BCUT2D eigenvalue weighted by atomic mass is 9.95. The number of rotatable bonds is 5. The lowest BCUT2D eigenvalue weighted by Crippen LogP contribution is -2.31. The molecule has 2 aromatic carbocycles. The van der Waals surface area contributed by atoms with Crippen LogP contribution < -0.4 is 20.1 Å². The van der Waals surface area contributed by atoms with Gasteiger partial charge in [-0.15, -0.1) is 0 Å². The molecule has 0 spiro atoms. The molecule has 2 heterocycles. The molecule has 0 bridgehead atoms. The van der Waals surface area contributed by atoms with E-state index in [0.717, 1.165) is 0 Å². The maximum absolute atomic E-state index is 14.0. The zero-order valence-electron chi connectivity index (χ0n) is 16.6. The largest absolute Gasteiger partial charge is 0.497 e. The third-order valence-electron chi connectivity index (χ3n) is 4.86. The Kier molecular flexibility index (Phi) is 5.09. The first kappa shape index (κ1) is 19.4. The Morgan fingerprint density at radius 3 is 2.77 bits per heavy atom. The lowest BCUT2D eigenvalue weighted by Gasteiger charge is -2.29. The molecular formula is C21H20FN5O3. The molecule has 9 heteroatoms. The first-order chi connectivity index (χ1) is 14.5. The number of carbonyl (C=O) groups is 1. The standard InChI is InChI=1S/C21H20FN5O3/c1-12-18(20(28)26-16-8-7-15(29-2)10-17(16)30-3)19(13-5-4-6-14(22)9-13)27-21(25-12)23-11-24-27/h4-11,19H,1-3H3,(H,26,28)(H,23,24,25). The molecule has 4 rings (SSSR count). The molecule has 0 saturated heterocycles. The van der Waals surface area contributed by atoms with Gasteiger partial charge in [-0.3, -0.25) is 4.79 Å². The number of ether oxygens (including phenoxy) is 2. The molecule has 3 aromatic rings. The SMILES string of the molecule is COc1ccc(NC(=O)C2=C(C)Nc3ncnn3C2c2cccc(F)c2)c(OC)c1. The van der Waals surface area contributed by atoms with Gasteiger partial charge in [-0.25, -0.2) is 9.07 Å². The summed E-state index contributed by atoms with van der Waals surface area (Å²) < 4.78 is 26.1. The van der Waals surface area contributed by atoms with Crippen molar-refractivity contribution in [2.45, 2.75) is 13.0 Å². The molecule has 1 amide bonds. The van der Waals surface area contributed by atoms with Crippen molar-refractivity contribution in [3.63, 3.8) is 0 Å². The highest BCUT2D eigenvalue weighted by molar-refractivity contribution is 6.06. The highest BCUT2D eigenvalue weighted by Gasteiger charge is 2.33. The van der Waals surface area contributed by atoms with Crippen LogP contribution in [0.2, 0.25) is 0 Å². The van der Waals surface area contributed by atoms with Crippen LogP contribution in [0.25, 0.3) is 0 Å². The third-order valence-corrected chi connectivity index (χ3v) is 4.86. The van der Waals surface area contributed by atoms with E-state index in [2.05, 4.69) is 20.7 Å². The minimum atomic E-state index is -0.649. The van der Waals surface area contributed by atoms with Gasteiger partial charge in [-0.05, 0) is 36.8 Å². The highest BCUT2D eigenvalue weighted by atomic mass is 19.1. The summed E-state index contributed by atoms with van der Waals surface area (Å²) in [6.07, 6.45) is 1.38. The van der Waals surface area contributed by atoms with E-state index < -0.39 is 11.9 Å². The predicted octanol–water partition coefficient (Wildman–Crippen LogP) is 3.36. The molecule has 154 valence electrons. The molecule has 1 aliphatic rings. The zero-order chi connectivity index (χ0) is 21.3. The van der Waals surface area contributed by atoms with E-state index in [9.17, 15) is 9.18 Å². The Morgan fingerprint density at radius 2 is 2.03 bits per heavy atom. The predicted molar refractivity (Wildman–Crippen MR) is 109 cm³/mol. The summed E-state index contributed by atoms with van der Waals surface area (Å²) in [5.41, 5.74) is 2.03. The number of benzene rings is 2. The number of methoxy groups -OCH3 is 2. The summed E-state index contributed by atoms with van der Waals surface area (Å²) in [7, 11) is 3.06. The van der Waals surface area contributed by atoms with Gasteiger partial charge in [-0.1, -0.05) is 12.1 Å². The molecule has 8 nitrogen and oxygen atoms in total. The first-order valence-corrected chi connectivity index (χ1v) is 9.18. The minimum absolute atomic E-state index is 0.376. The van der Waals surface area contributed by atoms with Crippen LogP contribution in [-0.4, -0.2) is 34.9 Å².